The summed E-state index contributed by atoms with van der Waals surface area (Å²) in [5.41, 5.74) is 0.665. The molecule has 2 aromatic rings. The number of nitrogens with one attached hydrogen (secondary N) is 1. The molecule has 0 aromatic heterocycles. The summed E-state index contributed by atoms with van der Waals surface area (Å²) in [6.07, 6.45) is -0.229. The van der Waals surface area contributed by atoms with Gasteiger partial charge in [-0.2, -0.15) is 0 Å². The van der Waals surface area contributed by atoms with Crippen LogP contribution in [-0.2, 0) is 9.59 Å². The van der Waals surface area contributed by atoms with E-state index in [1.807, 2.05) is 30.3 Å². The second kappa shape index (κ2) is 7.87. The molecule has 0 heterocycles. The summed E-state index contributed by atoms with van der Waals surface area (Å²) >= 11 is 7.36. The lowest BCUT2D eigenvalue weighted by Crippen LogP contribution is -2.13. The van der Waals surface area contributed by atoms with Gasteiger partial charge in [0, 0.05) is 21.2 Å². The van der Waals surface area contributed by atoms with Gasteiger partial charge in [0.2, 0.25) is 5.91 Å². The van der Waals surface area contributed by atoms with Crippen molar-refractivity contribution in [3.63, 3.8) is 0 Å². The fraction of sp³-hybridized carbons (Fsp3) is 0.125. The van der Waals surface area contributed by atoms with Crippen LogP contribution in [-0.4, -0.2) is 17.0 Å². The number of carboxylic acids is 1. The number of hydrogen-bond donors (Lipinski definition) is 2. The van der Waals surface area contributed by atoms with Gasteiger partial charge in [0.25, 0.3) is 0 Å². The number of rotatable bonds is 6. The molecular formula is C16H14ClNO3S. The van der Waals surface area contributed by atoms with E-state index in [-0.39, 0.29) is 18.7 Å². The van der Waals surface area contributed by atoms with Gasteiger partial charge in [-0.1, -0.05) is 35.5 Å². The standard InChI is InChI=1S/C16H14ClNO3S/c17-11-5-7-12(8-6-11)22-14-4-2-1-3-13(14)18-15(19)9-10-16(20)21/h1-8H,9-10H2,(H,18,19)(H,20,21). The van der Waals surface area contributed by atoms with Crippen LogP contribution >= 0.6 is 23.4 Å². The third-order valence-electron chi connectivity index (χ3n) is 2.77. The number of carbonyl (C=O) groups excluding carboxylic acids is 1. The van der Waals surface area contributed by atoms with E-state index >= 15 is 0 Å². The Labute approximate surface area is 137 Å². The number of anilines is 1. The summed E-state index contributed by atoms with van der Waals surface area (Å²) in [5, 5.41) is 12.0. The maximum absolute atomic E-state index is 11.8. The summed E-state index contributed by atoms with van der Waals surface area (Å²) in [4.78, 5) is 24.1. The van der Waals surface area contributed by atoms with Crippen molar-refractivity contribution in [3.8, 4) is 0 Å². The number of halogens is 1. The van der Waals surface area contributed by atoms with E-state index < -0.39 is 5.97 Å². The average molecular weight is 336 g/mol. The van der Waals surface area contributed by atoms with Gasteiger partial charge in [-0.15, -0.1) is 0 Å². The Kier molecular flexibility index (Phi) is 5.86. The molecule has 2 N–H and O–H groups in total. The Hall–Kier alpha value is -1.98. The van der Waals surface area contributed by atoms with E-state index in [9.17, 15) is 9.59 Å². The number of carbonyl (C=O) groups is 2. The second-order valence-electron chi connectivity index (χ2n) is 4.49. The van der Waals surface area contributed by atoms with Gasteiger partial charge in [-0.05, 0) is 36.4 Å². The molecule has 1 amide bonds. The molecule has 6 heteroatoms. The minimum atomic E-state index is -0.987. The summed E-state index contributed by atoms with van der Waals surface area (Å²) in [6, 6.07) is 14.8. The normalized spacial score (nSPS) is 10.2. The molecule has 2 aromatic carbocycles. The first kappa shape index (κ1) is 16.4. The summed E-state index contributed by atoms with van der Waals surface area (Å²) in [6.45, 7) is 0. The molecule has 0 spiro atoms. The molecule has 0 radical (unpaired) electrons. The highest BCUT2D eigenvalue weighted by Gasteiger charge is 2.09. The van der Waals surface area contributed by atoms with Gasteiger partial charge in [0.1, 0.15) is 0 Å². The zero-order chi connectivity index (χ0) is 15.9. The fourth-order valence-electron chi connectivity index (χ4n) is 1.72. The molecule has 0 aliphatic heterocycles. The third kappa shape index (κ3) is 5.09. The molecule has 0 fully saturated rings. The topological polar surface area (TPSA) is 66.4 Å². The fourth-order valence-corrected chi connectivity index (χ4v) is 2.75. The van der Waals surface area contributed by atoms with Crippen LogP contribution in [0.5, 0.6) is 0 Å². The molecule has 0 bridgehead atoms. The van der Waals surface area contributed by atoms with Gasteiger partial charge in [0.15, 0.2) is 0 Å². The van der Waals surface area contributed by atoms with E-state index in [1.54, 1.807) is 18.2 Å². The van der Waals surface area contributed by atoms with Crippen molar-refractivity contribution >= 4 is 40.9 Å². The van der Waals surface area contributed by atoms with E-state index in [0.717, 1.165) is 9.79 Å². The van der Waals surface area contributed by atoms with Crippen molar-refractivity contribution < 1.29 is 14.7 Å². The third-order valence-corrected chi connectivity index (χ3v) is 4.10. The van der Waals surface area contributed by atoms with Gasteiger partial charge in [-0.25, -0.2) is 0 Å². The first-order valence-electron chi connectivity index (χ1n) is 6.58. The maximum atomic E-state index is 11.8. The predicted molar refractivity (Wildman–Crippen MR) is 87.5 cm³/mol. The highest BCUT2D eigenvalue weighted by molar-refractivity contribution is 7.99. The van der Waals surface area contributed by atoms with Crippen LogP contribution in [0.15, 0.2) is 58.3 Å². The SMILES string of the molecule is O=C(O)CCC(=O)Nc1ccccc1Sc1ccc(Cl)cc1. The highest BCUT2D eigenvalue weighted by Crippen LogP contribution is 2.33. The van der Waals surface area contributed by atoms with Crippen LogP contribution in [0, 0.1) is 0 Å². The van der Waals surface area contributed by atoms with Crippen LogP contribution in [0.4, 0.5) is 5.69 Å². The van der Waals surface area contributed by atoms with Gasteiger partial charge in [0.05, 0.1) is 12.1 Å². The van der Waals surface area contributed by atoms with Crippen molar-refractivity contribution in [2.75, 3.05) is 5.32 Å². The molecule has 0 aliphatic carbocycles. The average Bonchev–Trinajstić information content (AvgIpc) is 2.49. The first-order valence-corrected chi connectivity index (χ1v) is 7.78. The molecule has 2 rings (SSSR count). The van der Waals surface area contributed by atoms with Crippen LogP contribution in [0.1, 0.15) is 12.8 Å². The van der Waals surface area contributed by atoms with Crippen molar-refractivity contribution in [2.45, 2.75) is 22.6 Å². The van der Waals surface area contributed by atoms with Crippen molar-refractivity contribution in [3.05, 3.63) is 53.6 Å². The Morgan fingerprint density at radius 1 is 1.05 bits per heavy atom. The monoisotopic (exact) mass is 335 g/mol. The predicted octanol–water partition coefficient (Wildman–Crippen LogP) is 4.29. The summed E-state index contributed by atoms with van der Waals surface area (Å²) in [7, 11) is 0. The number of amides is 1. The zero-order valence-corrected chi connectivity index (χ0v) is 13.2. The molecular weight excluding hydrogens is 322 g/mol. The number of aliphatic carboxylic acids is 1. The molecule has 114 valence electrons. The first-order chi connectivity index (χ1) is 10.5. The molecule has 0 atom stereocenters. The van der Waals surface area contributed by atoms with Gasteiger partial charge < -0.3 is 10.4 Å². The minimum Gasteiger partial charge on any atom is -0.481 e. The lowest BCUT2D eigenvalue weighted by atomic mass is 10.2. The van der Waals surface area contributed by atoms with E-state index in [1.165, 1.54) is 11.8 Å². The largest absolute Gasteiger partial charge is 0.481 e. The number of benzene rings is 2. The van der Waals surface area contributed by atoms with E-state index in [2.05, 4.69) is 5.32 Å². The van der Waals surface area contributed by atoms with E-state index in [4.69, 9.17) is 16.7 Å². The van der Waals surface area contributed by atoms with E-state index in [0.29, 0.717) is 10.7 Å². The van der Waals surface area contributed by atoms with Crippen molar-refractivity contribution in [1.82, 2.24) is 0 Å². The van der Waals surface area contributed by atoms with Crippen LogP contribution in [0.25, 0.3) is 0 Å². The summed E-state index contributed by atoms with van der Waals surface area (Å²) < 4.78 is 0. The van der Waals surface area contributed by atoms with Gasteiger partial charge >= 0.3 is 5.97 Å². The molecule has 4 nitrogen and oxygen atoms in total. The van der Waals surface area contributed by atoms with Crippen molar-refractivity contribution in [1.29, 1.82) is 0 Å². The molecule has 0 aliphatic rings. The second-order valence-corrected chi connectivity index (χ2v) is 6.05. The molecule has 0 unspecified atom stereocenters. The number of hydrogen-bond acceptors (Lipinski definition) is 3. The molecule has 22 heavy (non-hydrogen) atoms. The molecule has 0 saturated heterocycles. The van der Waals surface area contributed by atoms with Crippen LogP contribution < -0.4 is 5.32 Å². The number of carboxylic acid groups (broad SMARTS) is 1. The van der Waals surface area contributed by atoms with Gasteiger partial charge in [-0.3, -0.25) is 9.59 Å². The lowest BCUT2D eigenvalue weighted by Gasteiger charge is -2.10. The number of para-hydroxylation sites is 1. The zero-order valence-electron chi connectivity index (χ0n) is 11.6. The Balaban J connectivity index is 2.07. The Morgan fingerprint density at radius 3 is 2.41 bits per heavy atom. The quantitative estimate of drug-likeness (QED) is 0.826. The lowest BCUT2D eigenvalue weighted by molar-refractivity contribution is -0.138. The summed E-state index contributed by atoms with van der Waals surface area (Å²) in [5.74, 6) is -1.30. The minimum absolute atomic E-state index is 0.0463. The van der Waals surface area contributed by atoms with Crippen molar-refractivity contribution in [2.24, 2.45) is 0 Å². The molecule has 0 saturated carbocycles. The maximum Gasteiger partial charge on any atom is 0.303 e. The smallest absolute Gasteiger partial charge is 0.303 e. The Morgan fingerprint density at radius 2 is 1.73 bits per heavy atom. The highest BCUT2D eigenvalue weighted by atomic mass is 35.5. The van der Waals surface area contributed by atoms with Crippen LogP contribution in [0.2, 0.25) is 5.02 Å². The van der Waals surface area contributed by atoms with Crippen LogP contribution in [0.3, 0.4) is 0 Å². The Bertz CT molecular complexity index is 673.